The van der Waals surface area contributed by atoms with Gasteiger partial charge in [-0.05, 0) is 18.2 Å². The van der Waals surface area contributed by atoms with Crippen molar-refractivity contribution in [2.24, 2.45) is 0 Å². The summed E-state index contributed by atoms with van der Waals surface area (Å²) in [6.45, 7) is 0. The second kappa shape index (κ2) is 6.35. The molecule has 0 fully saturated rings. The number of aromatic hydroxyl groups is 1. The fourth-order valence-corrected chi connectivity index (χ4v) is 1.66. The van der Waals surface area contributed by atoms with Crippen molar-refractivity contribution in [3.63, 3.8) is 0 Å². The first kappa shape index (κ1) is 15.0. The van der Waals surface area contributed by atoms with Crippen LogP contribution in [0.2, 0.25) is 0 Å². The smallest absolute Gasteiger partial charge is 0.314 e. The predicted octanol–water partition coefficient (Wildman–Crippen LogP) is 1.88. The molecule has 0 saturated heterocycles. The van der Waals surface area contributed by atoms with E-state index in [1.54, 1.807) is 0 Å². The molecule has 2 aromatic rings. The molecule has 0 aromatic heterocycles. The zero-order valence-electron chi connectivity index (χ0n) is 11.1. The Morgan fingerprint density at radius 1 is 0.955 bits per heavy atom. The summed E-state index contributed by atoms with van der Waals surface area (Å²) in [5.74, 6) is -2.00. The number of benzene rings is 2. The third-order valence-corrected chi connectivity index (χ3v) is 2.63. The molecule has 0 aliphatic carbocycles. The molecule has 112 valence electrons. The van der Waals surface area contributed by atoms with Gasteiger partial charge in [-0.3, -0.25) is 19.7 Å². The number of non-ortho nitro benzene ring substituents is 1. The van der Waals surface area contributed by atoms with Gasteiger partial charge in [0.05, 0.1) is 4.92 Å². The first-order valence-electron chi connectivity index (χ1n) is 6.11. The highest BCUT2D eigenvalue weighted by Gasteiger charge is 2.15. The topological polar surface area (TPSA) is 122 Å². The first-order valence-corrected chi connectivity index (χ1v) is 6.11. The number of rotatable bonds is 3. The van der Waals surface area contributed by atoms with E-state index in [2.05, 4.69) is 10.6 Å². The fourth-order valence-electron chi connectivity index (χ4n) is 1.66. The monoisotopic (exact) mass is 301 g/mol. The van der Waals surface area contributed by atoms with E-state index in [0.29, 0.717) is 0 Å². The third kappa shape index (κ3) is 3.79. The van der Waals surface area contributed by atoms with Crippen LogP contribution in [-0.4, -0.2) is 21.8 Å². The Morgan fingerprint density at radius 2 is 1.50 bits per heavy atom. The number of nitrogens with zero attached hydrogens (tertiary/aromatic N) is 1. The molecule has 0 aliphatic heterocycles. The van der Waals surface area contributed by atoms with E-state index < -0.39 is 16.7 Å². The molecular weight excluding hydrogens is 290 g/mol. The van der Waals surface area contributed by atoms with Crippen LogP contribution < -0.4 is 10.6 Å². The van der Waals surface area contributed by atoms with Crippen molar-refractivity contribution < 1.29 is 19.6 Å². The number of carbonyl (C=O) groups excluding carboxylic acids is 2. The number of amides is 2. The average molecular weight is 301 g/mol. The van der Waals surface area contributed by atoms with Crippen LogP contribution in [0.5, 0.6) is 5.75 Å². The lowest BCUT2D eigenvalue weighted by molar-refractivity contribution is -0.384. The summed E-state index contributed by atoms with van der Waals surface area (Å²) < 4.78 is 0. The van der Waals surface area contributed by atoms with E-state index in [9.17, 15) is 24.8 Å². The number of nitro groups is 1. The number of nitro benzene ring substituents is 1. The molecule has 8 heteroatoms. The molecule has 0 bridgehead atoms. The molecule has 0 spiro atoms. The average Bonchev–Trinajstić information content (AvgIpc) is 2.47. The van der Waals surface area contributed by atoms with Gasteiger partial charge in [0.1, 0.15) is 5.75 Å². The van der Waals surface area contributed by atoms with Crippen LogP contribution in [0.15, 0.2) is 48.5 Å². The maximum atomic E-state index is 11.7. The van der Waals surface area contributed by atoms with Gasteiger partial charge in [0, 0.05) is 29.6 Å². The molecular formula is C14H11N3O5. The van der Waals surface area contributed by atoms with Crippen molar-refractivity contribution in [3.8, 4) is 5.75 Å². The summed E-state index contributed by atoms with van der Waals surface area (Å²) >= 11 is 0. The highest BCUT2D eigenvalue weighted by atomic mass is 16.6. The SMILES string of the molecule is O=C(Nc1cccc(O)c1)C(=O)Nc1cccc([N+](=O)[O-])c1. The maximum absolute atomic E-state index is 11.7. The number of anilines is 2. The van der Waals surface area contributed by atoms with Gasteiger partial charge in [0.15, 0.2) is 0 Å². The van der Waals surface area contributed by atoms with Gasteiger partial charge in [0.2, 0.25) is 0 Å². The Balaban J connectivity index is 2.04. The second-order valence-corrected chi connectivity index (χ2v) is 4.27. The first-order chi connectivity index (χ1) is 10.5. The second-order valence-electron chi connectivity index (χ2n) is 4.27. The molecule has 0 saturated carbocycles. The van der Waals surface area contributed by atoms with Gasteiger partial charge < -0.3 is 15.7 Å². The zero-order chi connectivity index (χ0) is 16.1. The highest BCUT2D eigenvalue weighted by Crippen LogP contribution is 2.18. The van der Waals surface area contributed by atoms with Crippen LogP contribution in [0.1, 0.15) is 0 Å². The lowest BCUT2D eigenvalue weighted by Gasteiger charge is -2.06. The fraction of sp³-hybridized carbons (Fsp3) is 0. The number of hydrogen-bond acceptors (Lipinski definition) is 5. The Morgan fingerprint density at radius 3 is 2.05 bits per heavy atom. The van der Waals surface area contributed by atoms with Crippen molar-refractivity contribution in [2.75, 3.05) is 10.6 Å². The van der Waals surface area contributed by atoms with Crippen LogP contribution >= 0.6 is 0 Å². The van der Waals surface area contributed by atoms with Crippen molar-refractivity contribution in [2.45, 2.75) is 0 Å². The van der Waals surface area contributed by atoms with E-state index in [1.807, 2.05) is 0 Å². The van der Waals surface area contributed by atoms with E-state index in [1.165, 1.54) is 42.5 Å². The summed E-state index contributed by atoms with van der Waals surface area (Å²) in [4.78, 5) is 33.5. The minimum absolute atomic E-state index is 0.0584. The number of hydrogen-bond donors (Lipinski definition) is 3. The summed E-state index contributed by atoms with van der Waals surface area (Å²) in [5, 5.41) is 24.5. The van der Waals surface area contributed by atoms with Crippen LogP contribution in [0.3, 0.4) is 0 Å². The van der Waals surface area contributed by atoms with Crippen molar-refractivity contribution >= 4 is 28.9 Å². The summed E-state index contributed by atoms with van der Waals surface area (Å²) in [5.41, 5.74) is 0.177. The standard InChI is InChI=1S/C14H11N3O5/c18-12-6-2-4-10(8-12)16-14(20)13(19)15-9-3-1-5-11(7-9)17(21)22/h1-8,18H,(H,15,19)(H,16,20). The number of phenols is 1. The normalized spacial score (nSPS) is 9.82. The largest absolute Gasteiger partial charge is 0.508 e. The predicted molar refractivity (Wildman–Crippen MR) is 78.5 cm³/mol. The van der Waals surface area contributed by atoms with Gasteiger partial charge in [-0.25, -0.2) is 0 Å². The molecule has 0 radical (unpaired) electrons. The highest BCUT2D eigenvalue weighted by molar-refractivity contribution is 6.43. The van der Waals surface area contributed by atoms with Gasteiger partial charge in [-0.2, -0.15) is 0 Å². The van der Waals surface area contributed by atoms with Crippen molar-refractivity contribution in [1.29, 1.82) is 0 Å². The lowest BCUT2D eigenvalue weighted by atomic mass is 10.2. The molecule has 2 amide bonds. The molecule has 0 atom stereocenters. The lowest BCUT2D eigenvalue weighted by Crippen LogP contribution is -2.29. The van der Waals surface area contributed by atoms with Crippen molar-refractivity contribution in [1.82, 2.24) is 0 Å². The molecule has 22 heavy (non-hydrogen) atoms. The Hall–Kier alpha value is -3.42. The minimum atomic E-state index is -0.983. The molecule has 0 heterocycles. The summed E-state index contributed by atoms with van der Waals surface area (Å²) in [6, 6.07) is 10.9. The maximum Gasteiger partial charge on any atom is 0.314 e. The van der Waals surface area contributed by atoms with Gasteiger partial charge in [-0.15, -0.1) is 0 Å². The molecule has 2 rings (SSSR count). The molecule has 0 aliphatic rings. The van der Waals surface area contributed by atoms with E-state index in [0.717, 1.165) is 6.07 Å². The Labute approximate surface area is 124 Å². The van der Waals surface area contributed by atoms with Gasteiger partial charge >= 0.3 is 11.8 Å². The Kier molecular flexibility index (Phi) is 4.33. The van der Waals surface area contributed by atoms with Crippen LogP contribution in [0.4, 0.5) is 17.1 Å². The summed E-state index contributed by atoms with van der Waals surface area (Å²) in [7, 11) is 0. The quantitative estimate of drug-likeness (QED) is 0.454. The van der Waals surface area contributed by atoms with Crippen LogP contribution in [0.25, 0.3) is 0 Å². The molecule has 2 aromatic carbocycles. The Bertz CT molecular complexity index is 745. The van der Waals surface area contributed by atoms with E-state index in [-0.39, 0.29) is 22.8 Å². The number of nitrogens with one attached hydrogen (secondary N) is 2. The molecule has 0 unspecified atom stereocenters. The number of phenolic OH excluding ortho intramolecular Hbond substituents is 1. The van der Waals surface area contributed by atoms with E-state index in [4.69, 9.17) is 0 Å². The van der Waals surface area contributed by atoms with Gasteiger partial charge in [0.25, 0.3) is 5.69 Å². The third-order valence-electron chi connectivity index (χ3n) is 2.63. The zero-order valence-corrected chi connectivity index (χ0v) is 11.1. The van der Waals surface area contributed by atoms with Crippen LogP contribution in [-0.2, 0) is 9.59 Å². The molecule has 3 N–H and O–H groups in total. The van der Waals surface area contributed by atoms with Crippen LogP contribution in [0, 0.1) is 10.1 Å². The van der Waals surface area contributed by atoms with Crippen molar-refractivity contribution in [3.05, 3.63) is 58.6 Å². The summed E-state index contributed by atoms with van der Waals surface area (Å²) in [6.07, 6.45) is 0. The van der Waals surface area contributed by atoms with Gasteiger partial charge in [-0.1, -0.05) is 12.1 Å². The molecule has 8 nitrogen and oxygen atoms in total. The number of carbonyl (C=O) groups is 2. The minimum Gasteiger partial charge on any atom is -0.508 e. The van der Waals surface area contributed by atoms with E-state index >= 15 is 0 Å².